The summed E-state index contributed by atoms with van der Waals surface area (Å²) in [6.45, 7) is 12.1. The first-order valence-corrected chi connectivity index (χ1v) is 15.5. The van der Waals surface area contributed by atoms with E-state index in [1.165, 1.54) is 0 Å². The SMILES string of the molecule is C[Si](C)(C)OC1=C(O[Si](C)(C)C)C2CCC1C(C#N)(C#N)C2(C#N)C#N. The van der Waals surface area contributed by atoms with E-state index in [4.69, 9.17) is 8.85 Å². The molecule has 0 aromatic carbocycles. The van der Waals surface area contributed by atoms with Gasteiger partial charge in [0.25, 0.3) is 0 Å². The van der Waals surface area contributed by atoms with E-state index in [2.05, 4.69) is 0 Å². The smallest absolute Gasteiger partial charge is 0.241 e. The minimum absolute atomic E-state index is 0.534. The van der Waals surface area contributed by atoms with Crippen molar-refractivity contribution in [2.24, 2.45) is 22.7 Å². The van der Waals surface area contributed by atoms with Crippen molar-refractivity contribution in [3.63, 3.8) is 0 Å². The molecule has 0 spiro atoms. The highest BCUT2D eigenvalue weighted by Crippen LogP contribution is 2.65. The van der Waals surface area contributed by atoms with Gasteiger partial charge in [-0.15, -0.1) is 0 Å². The van der Waals surface area contributed by atoms with Gasteiger partial charge in [0.1, 0.15) is 11.5 Å². The van der Waals surface area contributed by atoms with Crippen LogP contribution < -0.4 is 0 Å². The molecule has 26 heavy (non-hydrogen) atoms. The molecular weight excluding hydrogens is 360 g/mol. The molecule has 3 rings (SSSR count). The monoisotopic (exact) mass is 384 g/mol. The number of hydrogen-bond donors (Lipinski definition) is 0. The van der Waals surface area contributed by atoms with Gasteiger partial charge in [-0.25, -0.2) is 0 Å². The molecule has 0 N–H and O–H groups in total. The molecule has 0 aromatic rings. The molecule has 1 saturated carbocycles. The van der Waals surface area contributed by atoms with E-state index in [1.807, 2.05) is 63.6 Å². The molecule has 2 bridgehead atoms. The zero-order chi connectivity index (χ0) is 20.0. The summed E-state index contributed by atoms with van der Waals surface area (Å²) >= 11 is 0. The van der Waals surface area contributed by atoms with E-state index < -0.39 is 39.3 Å². The molecule has 0 heterocycles. The third-order valence-corrected chi connectivity index (χ3v) is 6.49. The highest BCUT2D eigenvalue weighted by molar-refractivity contribution is 6.70. The summed E-state index contributed by atoms with van der Waals surface area (Å²) in [6, 6.07) is 8.17. The highest BCUT2D eigenvalue weighted by atomic mass is 28.4. The van der Waals surface area contributed by atoms with Crippen LogP contribution in [0.1, 0.15) is 12.8 Å². The van der Waals surface area contributed by atoms with Crippen LogP contribution in [0.15, 0.2) is 11.5 Å². The Kier molecular flexibility index (Phi) is 4.75. The number of allylic oxidation sites excluding steroid dienone is 2. The van der Waals surface area contributed by atoms with E-state index in [-0.39, 0.29) is 0 Å². The summed E-state index contributed by atoms with van der Waals surface area (Å²) in [5, 5.41) is 39.7. The highest BCUT2D eigenvalue weighted by Gasteiger charge is 2.71. The van der Waals surface area contributed by atoms with Gasteiger partial charge in [-0.3, -0.25) is 0 Å². The van der Waals surface area contributed by atoms with Gasteiger partial charge < -0.3 is 8.85 Å². The van der Waals surface area contributed by atoms with Crippen LogP contribution in [-0.2, 0) is 8.85 Å². The van der Waals surface area contributed by atoms with Crippen LogP contribution in [0.4, 0.5) is 0 Å². The Morgan fingerprint density at radius 1 is 0.692 bits per heavy atom. The van der Waals surface area contributed by atoms with E-state index >= 15 is 0 Å². The molecule has 6 nitrogen and oxygen atoms in total. The van der Waals surface area contributed by atoms with Gasteiger partial charge in [-0.1, -0.05) is 0 Å². The van der Waals surface area contributed by atoms with Gasteiger partial charge in [0.05, 0.1) is 36.1 Å². The minimum atomic E-state index is -2.06. The summed E-state index contributed by atoms with van der Waals surface area (Å²) in [5.74, 6) is -0.182. The molecule has 0 aliphatic heterocycles. The molecule has 0 aromatic heterocycles. The van der Waals surface area contributed by atoms with Gasteiger partial charge in [0.2, 0.25) is 16.6 Å². The second-order valence-corrected chi connectivity index (χ2v) is 17.8. The fourth-order valence-corrected chi connectivity index (χ4v) is 5.74. The van der Waals surface area contributed by atoms with Crippen molar-refractivity contribution in [1.29, 1.82) is 21.0 Å². The first kappa shape index (κ1) is 20.1. The molecule has 2 unspecified atom stereocenters. The normalized spacial score (nSPS) is 26.1. The van der Waals surface area contributed by atoms with Crippen LogP contribution in [0.2, 0.25) is 39.3 Å². The third-order valence-electron chi connectivity index (χ3n) is 4.82. The molecule has 2 atom stereocenters. The van der Waals surface area contributed by atoms with Crippen molar-refractivity contribution in [3.05, 3.63) is 11.5 Å². The lowest BCUT2D eigenvalue weighted by Gasteiger charge is -2.53. The molecule has 0 amide bonds. The third kappa shape index (κ3) is 2.80. The maximum absolute atomic E-state index is 9.92. The molecule has 8 heteroatoms. The molecular formula is C18H24N4O2Si2. The van der Waals surface area contributed by atoms with Crippen LogP contribution in [0.25, 0.3) is 0 Å². The number of fused-ring (bicyclic) bond motifs is 2. The lowest BCUT2D eigenvalue weighted by molar-refractivity contribution is 0.0125. The first-order chi connectivity index (χ1) is 11.9. The first-order valence-electron chi connectivity index (χ1n) is 8.68. The molecule has 3 aliphatic carbocycles. The van der Waals surface area contributed by atoms with E-state index in [9.17, 15) is 21.0 Å². The van der Waals surface area contributed by atoms with E-state index in [0.717, 1.165) is 0 Å². The minimum Gasteiger partial charge on any atom is -0.545 e. The Hall–Kier alpha value is -2.27. The summed E-state index contributed by atoms with van der Waals surface area (Å²) < 4.78 is 12.6. The Morgan fingerprint density at radius 3 is 1.15 bits per heavy atom. The van der Waals surface area contributed by atoms with Crippen molar-refractivity contribution < 1.29 is 8.85 Å². The molecule has 3 aliphatic rings. The second-order valence-electron chi connectivity index (χ2n) is 8.90. The summed E-state index contributed by atoms with van der Waals surface area (Å²) in [6.07, 6.45) is 1.07. The number of nitrogens with zero attached hydrogens (tertiary/aromatic N) is 4. The van der Waals surface area contributed by atoms with Gasteiger partial charge in [0, 0.05) is 0 Å². The largest absolute Gasteiger partial charge is 0.545 e. The van der Waals surface area contributed by atoms with Crippen LogP contribution >= 0.6 is 0 Å². The fourth-order valence-electron chi connectivity index (χ4n) is 3.93. The predicted octanol–water partition coefficient (Wildman–Crippen LogP) is 4.01. The zero-order valence-electron chi connectivity index (χ0n) is 16.2. The van der Waals surface area contributed by atoms with Crippen molar-refractivity contribution >= 4 is 16.6 Å². The topological polar surface area (TPSA) is 114 Å². The van der Waals surface area contributed by atoms with Crippen LogP contribution in [-0.4, -0.2) is 16.6 Å². The second kappa shape index (κ2) is 6.17. The fraction of sp³-hybridized carbons (Fsp3) is 0.667. The molecule has 1 fully saturated rings. The van der Waals surface area contributed by atoms with Crippen LogP contribution in [0.3, 0.4) is 0 Å². The number of rotatable bonds is 4. The van der Waals surface area contributed by atoms with Gasteiger partial charge in [-0.05, 0) is 52.1 Å². The van der Waals surface area contributed by atoms with Crippen molar-refractivity contribution in [2.75, 3.05) is 0 Å². The Labute approximate surface area is 157 Å². The van der Waals surface area contributed by atoms with E-state index in [0.29, 0.717) is 24.4 Å². The summed E-state index contributed by atoms with van der Waals surface area (Å²) in [7, 11) is -4.12. The average Bonchev–Trinajstić information content (AvgIpc) is 2.54. The maximum Gasteiger partial charge on any atom is 0.241 e. The van der Waals surface area contributed by atoms with Gasteiger partial charge >= 0.3 is 0 Å². The Balaban J connectivity index is 2.83. The van der Waals surface area contributed by atoms with Gasteiger partial charge in [0.15, 0.2) is 10.8 Å². The quantitative estimate of drug-likeness (QED) is 0.677. The number of nitriles is 4. The average molecular weight is 385 g/mol. The summed E-state index contributed by atoms with van der Waals surface area (Å²) in [4.78, 5) is 0. The predicted molar refractivity (Wildman–Crippen MR) is 99.4 cm³/mol. The Morgan fingerprint density at radius 2 is 0.962 bits per heavy atom. The van der Waals surface area contributed by atoms with E-state index in [1.54, 1.807) is 0 Å². The van der Waals surface area contributed by atoms with Gasteiger partial charge in [-0.2, -0.15) is 21.0 Å². The molecule has 0 saturated heterocycles. The summed E-state index contributed by atoms with van der Waals surface area (Å²) in [5.41, 5.74) is -3.50. The van der Waals surface area contributed by atoms with Crippen molar-refractivity contribution in [1.82, 2.24) is 0 Å². The number of hydrogen-bond acceptors (Lipinski definition) is 6. The lowest BCUT2D eigenvalue weighted by Crippen LogP contribution is -2.58. The lowest BCUT2D eigenvalue weighted by atomic mass is 9.45. The molecule has 136 valence electrons. The maximum atomic E-state index is 9.92. The standard InChI is InChI=1S/C18H24N4O2Si2/c1-25(2,3)23-15-13-7-8-14(16(15)24-26(4,5)6)18(11-21,12-22)17(13,9-19)10-20/h13-14H,7-8H2,1-6H3. The van der Waals surface area contributed by atoms with Crippen molar-refractivity contribution in [3.8, 4) is 24.3 Å². The Bertz CT molecular complexity index is 713. The van der Waals surface area contributed by atoms with Crippen LogP contribution in [0.5, 0.6) is 0 Å². The van der Waals surface area contributed by atoms with Crippen molar-refractivity contribution in [2.45, 2.75) is 52.1 Å². The molecule has 0 radical (unpaired) electrons. The van der Waals surface area contributed by atoms with Crippen LogP contribution in [0, 0.1) is 68.0 Å². The zero-order valence-corrected chi connectivity index (χ0v) is 18.2.